The third-order valence-electron chi connectivity index (χ3n) is 4.21. The minimum Gasteiger partial charge on any atom is -0.342 e. The maximum atomic E-state index is 12.3. The van der Waals surface area contributed by atoms with Crippen molar-refractivity contribution in [1.29, 1.82) is 0 Å². The summed E-state index contributed by atoms with van der Waals surface area (Å²) in [6.07, 6.45) is 1.12. The van der Waals surface area contributed by atoms with E-state index in [2.05, 4.69) is 35.6 Å². The molecule has 2 aromatic carbocycles. The molecule has 1 N–H and O–H groups in total. The molecule has 4 heteroatoms. The molecule has 0 aliphatic carbocycles. The van der Waals surface area contributed by atoms with Crippen molar-refractivity contribution in [2.45, 2.75) is 11.3 Å². The van der Waals surface area contributed by atoms with Gasteiger partial charge in [0.2, 0.25) is 5.91 Å². The number of fused-ring (bicyclic) bond motifs is 1. The van der Waals surface area contributed by atoms with Gasteiger partial charge >= 0.3 is 0 Å². The van der Waals surface area contributed by atoms with Crippen LogP contribution in [-0.4, -0.2) is 43.2 Å². The molecule has 1 amide bonds. The van der Waals surface area contributed by atoms with Crippen LogP contribution in [0.15, 0.2) is 47.4 Å². The highest BCUT2D eigenvalue weighted by Gasteiger charge is 2.25. The molecule has 1 unspecified atom stereocenters. The lowest BCUT2D eigenvalue weighted by molar-refractivity contribution is -0.127. The topological polar surface area (TPSA) is 32.3 Å². The summed E-state index contributed by atoms with van der Waals surface area (Å²) >= 11 is 1.64. The molecule has 22 heavy (non-hydrogen) atoms. The van der Waals surface area contributed by atoms with Gasteiger partial charge in [0.15, 0.2) is 0 Å². The third kappa shape index (κ3) is 3.62. The molecule has 1 saturated heterocycles. The number of thioether (sulfide) groups is 1. The first kappa shape index (κ1) is 15.4. The molecule has 1 atom stereocenters. The van der Waals surface area contributed by atoms with E-state index in [9.17, 15) is 4.79 Å². The molecule has 0 spiro atoms. The number of benzene rings is 2. The van der Waals surface area contributed by atoms with E-state index < -0.39 is 0 Å². The molecule has 0 bridgehead atoms. The predicted octanol–water partition coefficient (Wildman–Crippen LogP) is 3.00. The Balaban J connectivity index is 1.56. The van der Waals surface area contributed by atoms with Crippen LogP contribution in [0.1, 0.15) is 6.42 Å². The second-order valence-corrected chi connectivity index (χ2v) is 6.90. The lowest BCUT2D eigenvalue weighted by atomic mass is 10.1. The van der Waals surface area contributed by atoms with Crippen molar-refractivity contribution in [1.82, 2.24) is 10.2 Å². The van der Waals surface area contributed by atoms with Crippen LogP contribution in [0.3, 0.4) is 0 Å². The van der Waals surface area contributed by atoms with Gasteiger partial charge in [-0.15, -0.1) is 11.8 Å². The Bertz CT molecular complexity index is 658. The molecule has 1 aliphatic heterocycles. The third-order valence-corrected chi connectivity index (χ3v) is 5.19. The molecule has 0 radical (unpaired) electrons. The molecule has 1 aliphatic rings. The van der Waals surface area contributed by atoms with Crippen LogP contribution in [0.2, 0.25) is 0 Å². The Morgan fingerprint density at radius 3 is 2.91 bits per heavy atom. The van der Waals surface area contributed by atoms with E-state index in [1.54, 1.807) is 11.8 Å². The van der Waals surface area contributed by atoms with E-state index in [0.29, 0.717) is 11.7 Å². The van der Waals surface area contributed by atoms with E-state index in [1.165, 1.54) is 10.8 Å². The molecule has 0 saturated carbocycles. The number of rotatable bonds is 5. The van der Waals surface area contributed by atoms with Gasteiger partial charge in [0.25, 0.3) is 0 Å². The summed E-state index contributed by atoms with van der Waals surface area (Å²) in [4.78, 5) is 15.5. The summed E-state index contributed by atoms with van der Waals surface area (Å²) in [6, 6.07) is 14.7. The summed E-state index contributed by atoms with van der Waals surface area (Å²) in [7, 11) is 1.97. The van der Waals surface area contributed by atoms with Gasteiger partial charge in [0, 0.05) is 18.0 Å². The fourth-order valence-corrected chi connectivity index (χ4v) is 3.86. The Hall–Kier alpha value is -1.52. The van der Waals surface area contributed by atoms with Crippen molar-refractivity contribution < 1.29 is 4.79 Å². The van der Waals surface area contributed by atoms with Crippen LogP contribution in [0.25, 0.3) is 10.8 Å². The molecular formula is C18H22N2OS. The SMILES string of the molecule is CNCC1CCN(C(=O)CSc2ccc3ccccc3c2)C1. The summed E-state index contributed by atoms with van der Waals surface area (Å²) in [6.45, 7) is 2.81. The van der Waals surface area contributed by atoms with Crippen molar-refractivity contribution in [3.63, 3.8) is 0 Å². The van der Waals surface area contributed by atoms with Gasteiger partial charge in [0.1, 0.15) is 0 Å². The Morgan fingerprint density at radius 2 is 2.09 bits per heavy atom. The Morgan fingerprint density at radius 1 is 1.27 bits per heavy atom. The number of carbonyl (C=O) groups is 1. The summed E-state index contributed by atoms with van der Waals surface area (Å²) in [5.74, 6) is 1.40. The zero-order valence-corrected chi connectivity index (χ0v) is 13.7. The summed E-state index contributed by atoms with van der Waals surface area (Å²) in [5.41, 5.74) is 0. The maximum Gasteiger partial charge on any atom is 0.232 e. The zero-order chi connectivity index (χ0) is 15.4. The van der Waals surface area contributed by atoms with Crippen LogP contribution >= 0.6 is 11.8 Å². The first-order chi connectivity index (χ1) is 10.8. The lowest BCUT2D eigenvalue weighted by Crippen LogP contribution is -2.31. The number of hydrogen-bond acceptors (Lipinski definition) is 3. The number of carbonyl (C=O) groups excluding carboxylic acids is 1. The first-order valence-corrected chi connectivity index (χ1v) is 8.79. The minimum absolute atomic E-state index is 0.261. The van der Waals surface area contributed by atoms with Crippen molar-refractivity contribution in [2.75, 3.05) is 32.4 Å². The Labute approximate surface area is 136 Å². The second-order valence-electron chi connectivity index (χ2n) is 5.85. The van der Waals surface area contributed by atoms with Gasteiger partial charge < -0.3 is 10.2 Å². The van der Waals surface area contributed by atoms with Crippen LogP contribution in [0, 0.1) is 5.92 Å². The van der Waals surface area contributed by atoms with E-state index >= 15 is 0 Å². The number of nitrogens with zero attached hydrogens (tertiary/aromatic N) is 1. The predicted molar refractivity (Wildman–Crippen MR) is 93.3 cm³/mol. The minimum atomic E-state index is 0.261. The average Bonchev–Trinajstić information content (AvgIpc) is 3.01. The monoisotopic (exact) mass is 314 g/mol. The largest absolute Gasteiger partial charge is 0.342 e. The van der Waals surface area contributed by atoms with E-state index in [1.807, 2.05) is 24.1 Å². The smallest absolute Gasteiger partial charge is 0.232 e. The van der Waals surface area contributed by atoms with Gasteiger partial charge in [-0.3, -0.25) is 4.79 Å². The summed E-state index contributed by atoms with van der Waals surface area (Å²) in [5, 5.41) is 5.68. The fourth-order valence-electron chi connectivity index (χ4n) is 3.01. The fraction of sp³-hybridized carbons (Fsp3) is 0.389. The van der Waals surface area contributed by atoms with E-state index in [4.69, 9.17) is 0 Å². The molecule has 116 valence electrons. The van der Waals surface area contributed by atoms with Crippen molar-refractivity contribution >= 4 is 28.4 Å². The zero-order valence-electron chi connectivity index (χ0n) is 12.9. The molecule has 3 nitrogen and oxygen atoms in total. The number of likely N-dealkylation sites (tertiary alicyclic amines) is 1. The average molecular weight is 314 g/mol. The van der Waals surface area contributed by atoms with Crippen LogP contribution < -0.4 is 5.32 Å². The Kier molecular flexibility index (Phi) is 5.01. The lowest BCUT2D eigenvalue weighted by Gasteiger charge is -2.16. The first-order valence-electron chi connectivity index (χ1n) is 7.80. The van der Waals surface area contributed by atoms with Gasteiger partial charge in [-0.2, -0.15) is 0 Å². The standard InChI is InChI=1S/C18H22N2OS/c1-19-11-14-8-9-20(12-14)18(21)13-22-17-7-6-15-4-2-3-5-16(15)10-17/h2-7,10,14,19H,8-9,11-13H2,1H3. The number of hydrogen-bond donors (Lipinski definition) is 1. The van der Waals surface area contributed by atoms with Crippen LogP contribution in [-0.2, 0) is 4.79 Å². The molecule has 2 aromatic rings. The van der Waals surface area contributed by atoms with Gasteiger partial charge in [-0.25, -0.2) is 0 Å². The van der Waals surface area contributed by atoms with Crippen LogP contribution in [0.4, 0.5) is 0 Å². The molecule has 0 aromatic heterocycles. The highest BCUT2D eigenvalue weighted by Crippen LogP contribution is 2.25. The normalized spacial score (nSPS) is 18.0. The summed E-state index contributed by atoms with van der Waals surface area (Å²) < 4.78 is 0. The quantitative estimate of drug-likeness (QED) is 0.861. The van der Waals surface area contributed by atoms with E-state index in [-0.39, 0.29) is 5.91 Å². The second kappa shape index (κ2) is 7.16. The molecule has 3 rings (SSSR count). The van der Waals surface area contributed by atoms with Crippen molar-refractivity contribution in [3.8, 4) is 0 Å². The number of nitrogens with one attached hydrogen (secondary N) is 1. The molecule has 1 fully saturated rings. The van der Waals surface area contributed by atoms with Gasteiger partial charge in [0.05, 0.1) is 5.75 Å². The number of amides is 1. The van der Waals surface area contributed by atoms with Gasteiger partial charge in [-0.05, 0) is 48.8 Å². The van der Waals surface area contributed by atoms with Crippen LogP contribution in [0.5, 0.6) is 0 Å². The highest BCUT2D eigenvalue weighted by atomic mass is 32.2. The molecule has 1 heterocycles. The molecular weight excluding hydrogens is 292 g/mol. The van der Waals surface area contributed by atoms with E-state index in [0.717, 1.165) is 31.0 Å². The highest BCUT2D eigenvalue weighted by molar-refractivity contribution is 8.00. The van der Waals surface area contributed by atoms with Crippen molar-refractivity contribution in [3.05, 3.63) is 42.5 Å². The maximum absolute atomic E-state index is 12.3. The van der Waals surface area contributed by atoms with Crippen molar-refractivity contribution in [2.24, 2.45) is 5.92 Å². The van der Waals surface area contributed by atoms with Gasteiger partial charge in [-0.1, -0.05) is 30.3 Å².